The molecule has 2 aliphatic heterocycles. The molecule has 1 aromatic heterocycles. The standard InChI is InChI=1S/C20H25N3O4S2/c1-4-8-26-12-6-5-7-15-18(12)21-19-16(29-15)10-23(20(28)22-19)17-9-13(25-3)14(27-17)11-24-2/h5-7,10,13-14,17H,4,8-9,11H2,1-3H3,(H,21,22,28)/t13?,14-,17-/m1/s1. The second-order valence-electron chi connectivity index (χ2n) is 6.94. The average molecular weight is 436 g/mol. The Morgan fingerprint density at radius 3 is 2.97 bits per heavy atom. The lowest BCUT2D eigenvalue weighted by Gasteiger charge is -2.24. The van der Waals surface area contributed by atoms with Crippen LogP contribution in [-0.4, -0.2) is 49.2 Å². The molecule has 3 heterocycles. The number of methoxy groups -OCH3 is 2. The highest BCUT2D eigenvalue weighted by molar-refractivity contribution is 7.99. The molecule has 0 spiro atoms. The molecule has 7 nitrogen and oxygen atoms in total. The van der Waals surface area contributed by atoms with Gasteiger partial charge in [0.1, 0.15) is 23.9 Å². The molecular weight excluding hydrogens is 410 g/mol. The lowest BCUT2D eigenvalue weighted by Crippen LogP contribution is -2.27. The van der Waals surface area contributed by atoms with E-state index in [-0.39, 0.29) is 18.4 Å². The summed E-state index contributed by atoms with van der Waals surface area (Å²) in [6.45, 7) is 3.24. The number of nitrogens with one attached hydrogen (secondary N) is 1. The number of hydrogen-bond acceptors (Lipinski definition) is 8. The molecule has 29 heavy (non-hydrogen) atoms. The predicted octanol–water partition coefficient (Wildman–Crippen LogP) is 4.56. The number of rotatable bonds is 7. The quantitative estimate of drug-likeness (QED) is 0.542. The highest BCUT2D eigenvalue weighted by Crippen LogP contribution is 2.47. The smallest absolute Gasteiger partial charge is 0.203 e. The lowest BCUT2D eigenvalue weighted by atomic mass is 10.2. The first kappa shape index (κ1) is 20.6. The molecule has 1 unspecified atom stereocenters. The SMILES string of the molecule is CCCOc1cccc2c1Nc1nc(=S)n([C@H]3CC(OC)[C@@H](COC)O3)cc1S2. The third-order valence-electron chi connectivity index (χ3n) is 4.96. The van der Waals surface area contributed by atoms with Gasteiger partial charge in [-0.2, -0.15) is 0 Å². The topological polar surface area (TPSA) is 66.8 Å². The van der Waals surface area contributed by atoms with Gasteiger partial charge in [-0.15, -0.1) is 0 Å². The van der Waals surface area contributed by atoms with Gasteiger partial charge in [0.2, 0.25) is 4.77 Å². The number of ether oxygens (including phenoxy) is 4. The molecule has 0 amide bonds. The maximum Gasteiger partial charge on any atom is 0.203 e. The number of aromatic nitrogens is 2. The molecule has 9 heteroatoms. The van der Waals surface area contributed by atoms with Crippen LogP contribution in [0.1, 0.15) is 26.0 Å². The first-order valence-electron chi connectivity index (χ1n) is 9.65. The van der Waals surface area contributed by atoms with Crippen LogP contribution < -0.4 is 10.1 Å². The molecule has 0 radical (unpaired) electrons. The average Bonchev–Trinajstić information content (AvgIpc) is 3.13. The maximum atomic E-state index is 6.15. The Kier molecular flexibility index (Phi) is 6.41. The van der Waals surface area contributed by atoms with E-state index in [1.807, 2.05) is 22.9 Å². The molecule has 1 saturated heterocycles. The Hall–Kier alpha value is -1.65. The normalized spacial score (nSPS) is 22.7. The van der Waals surface area contributed by atoms with Crippen LogP contribution in [0, 0.1) is 4.77 Å². The van der Waals surface area contributed by atoms with Crippen LogP contribution >= 0.6 is 24.0 Å². The molecular formula is C20H25N3O4S2. The van der Waals surface area contributed by atoms with Crippen molar-refractivity contribution in [1.82, 2.24) is 9.55 Å². The van der Waals surface area contributed by atoms with Crippen molar-refractivity contribution < 1.29 is 18.9 Å². The monoisotopic (exact) mass is 435 g/mol. The first-order valence-corrected chi connectivity index (χ1v) is 10.9. The number of anilines is 2. The molecule has 1 aromatic carbocycles. The highest BCUT2D eigenvalue weighted by Gasteiger charge is 2.37. The summed E-state index contributed by atoms with van der Waals surface area (Å²) in [4.78, 5) is 6.72. The summed E-state index contributed by atoms with van der Waals surface area (Å²) in [6.07, 6.45) is 3.27. The van der Waals surface area contributed by atoms with E-state index >= 15 is 0 Å². The maximum absolute atomic E-state index is 6.15. The van der Waals surface area contributed by atoms with E-state index in [4.69, 9.17) is 31.2 Å². The zero-order valence-corrected chi connectivity index (χ0v) is 18.3. The second kappa shape index (κ2) is 9.01. The number of para-hydroxylation sites is 1. The number of benzene rings is 1. The molecule has 3 atom stereocenters. The molecule has 0 aliphatic carbocycles. The molecule has 1 fully saturated rings. The van der Waals surface area contributed by atoms with E-state index in [9.17, 15) is 0 Å². The van der Waals surface area contributed by atoms with Gasteiger partial charge in [-0.1, -0.05) is 24.8 Å². The van der Waals surface area contributed by atoms with Gasteiger partial charge in [0.05, 0.1) is 29.9 Å². The minimum atomic E-state index is -0.230. The van der Waals surface area contributed by atoms with Crippen LogP contribution in [0.3, 0.4) is 0 Å². The Labute approximate surface area is 179 Å². The Morgan fingerprint density at radius 1 is 1.34 bits per heavy atom. The van der Waals surface area contributed by atoms with E-state index in [1.165, 1.54) is 0 Å². The molecule has 2 aromatic rings. The zero-order chi connectivity index (χ0) is 20.4. The van der Waals surface area contributed by atoms with Crippen molar-refractivity contribution in [2.45, 2.75) is 48.0 Å². The van der Waals surface area contributed by atoms with Crippen LogP contribution in [0.15, 0.2) is 34.2 Å². The fourth-order valence-electron chi connectivity index (χ4n) is 3.54. The molecule has 0 saturated carbocycles. The van der Waals surface area contributed by atoms with Crippen molar-refractivity contribution in [3.63, 3.8) is 0 Å². The molecule has 1 N–H and O–H groups in total. The Morgan fingerprint density at radius 2 is 2.21 bits per heavy atom. The molecule has 4 rings (SSSR count). The van der Waals surface area contributed by atoms with E-state index in [0.717, 1.165) is 33.5 Å². The summed E-state index contributed by atoms with van der Waals surface area (Å²) >= 11 is 7.22. The number of fused-ring (bicyclic) bond motifs is 2. The van der Waals surface area contributed by atoms with Gasteiger partial charge >= 0.3 is 0 Å². The second-order valence-corrected chi connectivity index (χ2v) is 8.39. The number of hydrogen-bond donors (Lipinski definition) is 1. The van der Waals surface area contributed by atoms with Gasteiger partial charge in [0.25, 0.3) is 0 Å². The van der Waals surface area contributed by atoms with Gasteiger partial charge in [-0.25, -0.2) is 4.98 Å². The highest BCUT2D eigenvalue weighted by atomic mass is 32.2. The summed E-state index contributed by atoms with van der Waals surface area (Å²) in [5.74, 6) is 1.57. The summed E-state index contributed by atoms with van der Waals surface area (Å²) in [5, 5.41) is 3.40. The minimum Gasteiger partial charge on any atom is -0.491 e. The fraction of sp³-hybridized carbons (Fsp3) is 0.500. The van der Waals surface area contributed by atoms with Crippen LogP contribution in [0.4, 0.5) is 11.5 Å². The molecule has 156 valence electrons. The molecule has 2 aliphatic rings. The van der Waals surface area contributed by atoms with Gasteiger partial charge in [0, 0.05) is 31.7 Å². The fourth-order valence-corrected chi connectivity index (χ4v) is 4.80. The van der Waals surface area contributed by atoms with E-state index in [2.05, 4.69) is 23.3 Å². The van der Waals surface area contributed by atoms with Gasteiger partial charge in [-0.05, 0) is 30.8 Å². The van der Waals surface area contributed by atoms with E-state index in [1.54, 1.807) is 26.0 Å². The summed E-state index contributed by atoms with van der Waals surface area (Å²) in [5.41, 5.74) is 0.940. The summed E-state index contributed by atoms with van der Waals surface area (Å²) in [7, 11) is 3.35. The van der Waals surface area contributed by atoms with Crippen molar-refractivity contribution in [2.75, 3.05) is 32.8 Å². The van der Waals surface area contributed by atoms with Crippen LogP contribution in [0.5, 0.6) is 5.75 Å². The summed E-state index contributed by atoms with van der Waals surface area (Å²) < 4.78 is 25.2. The van der Waals surface area contributed by atoms with Crippen molar-refractivity contribution in [1.29, 1.82) is 0 Å². The van der Waals surface area contributed by atoms with Crippen molar-refractivity contribution in [2.24, 2.45) is 0 Å². The van der Waals surface area contributed by atoms with Crippen molar-refractivity contribution in [3.05, 3.63) is 29.2 Å². The first-order chi connectivity index (χ1) is 14.1. The zero-order valence-electron chi connectivity index (χ0n) is 16.7. The van der Waals surface area contributed by atoms with E-state index in [0.29, 0.717) is 24.4 Å². The molecule has 0 bridgehead atoms. The van der Waals surface area contributed by atoms with Crippen LogP contribution in [0.2, 0.25) is 0 Å². The predicted molar refractivity (Wildman–Crippen MR) is 114 cm³/mol. The summed E-state index contributed by atoms with van der Waals surface area (Å²) in [6, 6.07) is 6.05. The van der Waals surface area contributed by atoms with Crippen LogP contribution in [0.25, 0.3) is 0 Å². The number of nitrogens with zero attached hydrogens (tertiary/aromatic N) is 2. The third-order valence-corrected chi connectivity index (χ3v) is 6.34. The van der Waals surface area contributed by atoms with Gasteiger partial charge in [0.15, 0.2) is 0 Å². The van der Waals surface area contributed by atoms with Crippen LogP contribution in [-0.2, 0) is 14.2 Å². The van der Waals surface area contributed by atoms with Crippen molar-refractivity contribution >= 4 is 35.5 Å². The third kappa shape index (κ3) is 4.15. The van der Waals surface area contributed by atoms with Gasteiger partial charge in [-0.3, -0.25) is 4.57 Å². The largest absolute Gasteiger partial charge is 0.491 e. The van der Waals surface area contributed by atoms with Gasteiger partial charge < -0.3 is 24.3 Å². The lowest BCUT2D eigenvalue weighted by molar-refractivity contribution is -0.0614. The minimum absolute atomic E-state index is 0.0392. The Balaban J connectivity index is 1.61. The Bertz CT molecular complexity index is 936. The van der Waals surface area contributed by atoms with Crippen molar-refractivity contribution in [3.8, 4) is 5.75 Å². The van der Waals surface area contributed by atoms with E-state index < -0.39 is 0 Å².